The maximum atomic E-state index is 12.7. The summed E-state index contributed by atoms with van der Waals surface area (Å²) in [6.07, 6.45) is -3.15. The van der Waals surface area contributed by atoms with Gasteiger partial charge in [0.1, 0.15) is 0 Å². The molecule has 1 aromatic rings. The van der Waals surface area contributed by atoms with Crippen LogP contribution >= 0.6 is 15.9 Å². The van der Waals surface area contributed by atoms with Crippen molar-refractivity contribution in [2.45, 2.75) is 38.4 Å². The summed E-state index contributed by atoms with van der Waals surface area (Å²) in [7, 11) is 0. The maximum Gasteiger partial charge on any atom is 0.391 e. The number of hydrogen-bond donors (Lipinski definition) is 1. The summed E-state index contributed by atoms with van der Waals surface area (Å²) in [5.74, 6) is -2.14. The van der Waals surface area contributed by atoms with Gasteiger partial charge in [-0.2, -0.15) is 13.2 Å². The van der Waals surface area contributed by atoms with Gasteiger partial charge in [0, 0.05) is 16.9 Å². The Morgan fingerprint density at radius 3 is 2.76 bits per heavy atom. The van der Waals surface area contributed by atoms with E-state index in [0.29, 0.717) is 19.4 Å². The van der Waals surface area contributed by atoms with Crippen LogP contribution < -0.4 is 5.32 Å². The fraction of sp³-hybridized carbons (Fsp3) is 0.533. The Labute approximate surface area is 130 Å². The highest BCUT2D eigenvalue weighted by Crippen LogP contribution is 2.39. The van der Waals surface area contributed by atoms with Crippen molar-refractivity contribution in [3.8, 4) is 0 Å². The van der Waals surface area contributed by atoms with E-state index in [4.69, 9.17) is 0 Å². The van der Waals surface area contributed by atoms with E-state index < -0.39 is 18.0 Å². The predicted octanol–water partition coefficient (Wildman–Crippen LogP) is 4.43. The van der Waals surface area contributed by atoms with E-state index in [9.17, 15) is 18.0 Å². The largest absolute Gasteiger partial charge is 0.391 e. The zero-order chi connectivity index (χ0) is 15.5. The van der Waals surface area contributed by atoms with Crippen molar-refractivity contribution in [3.05, 3.63) is 34.3 Å². The van der Waals surface area contributed by atoms with Gasteiger partial charge in [0.05, 0.1) is 5.92 Å². The van der Waals surface area contributed by atoms with Gasteiger partial charge in [-0.3, -0.25) is 4.79 Å². The molecular formula is C15H17BrF3NO. The van der Waals surface area contributed by atoms with Crippen LogP contribution in [0.2, 0.25) is 0 Å². The number of benzene rings is 1. The topological polar surface area (TPSA) is 29.1 Å². The van der Waals surface area contributed by atoms with Gasteiger partial charge >= 0.3 is 6.18 Å². The van der Waals surface area contributed by atoms with Gasteiger partial charge < -0.3 is 5.32 Å². The van der Waals surface area contributed by atoms with E-state index >= 15 is 0 Å². The second-order valence-corrected chi connectivity index (χ2v) is 6.37. The zero-order valence-corrected chi connectivity index (χ0v) is 13.0. The Kier molecular flexibility index (Phi) is 5.30. The third-order valence-electron chi connectivity index (χ3n) is 3.86. The number of hydrogen-bond acceptors (Lipinski definition) is 1. The smallest absolute Gasteiger partial charge is 0.352 e. The van der Waals surface area contributed by atoms with Crippen molar-refractivity contribution in [3.63, 3.8) is 0 Å². The molecule has 0 radical (unpaired) electrons. The van der Waals surface area contributed by atoms with Crippen LogP contribution in [-0.2, 0) is 11.3 Å². The molecule has 0 saturated heterocycles. The molecule has 1 amide bonds. The highest BCUT2D eigenvalue weighted by atomic mass is 79.9. The molecule has 0 bridgehead atoms. The third-order valence-corrected chi connectivity index (χ3v) is 4.36. The Bertz CT molecular complexity index is 504. The van der Waals surface area contributed by atoms with Crippen LogP contribution in [0, 0.1) is 11.8 Å². The van der Waals surface area contributed by atoms with E-state index in [0.717, 1.165) is 10.0 Å². The molecule has 0 aliphatic heterocycles. The molecule has 0 aromatic heterocycles. The molecule has 2 unspecified atom stereocenters. The van der Waals surface area contributed by atoms with Crippen molar-refractivity contribution < 1.29 is 18.0 Å². The van der Waals surface area contributed by atoms with Gasteiger partial charge in [0.15, 0.2) is 0 Å². The summed E-state index contributed by atoms with van der Waals surface area (Å²) in [5, 5.41) is 2.74. The molecule has 1 N–H and O–H groups in total. The molecule has 2 rings (SSSR count). The molecule has 1 aliphatic carbocycles. The van der Waals surface area contributed by atoms with E-state index in [1.807, 2.05) is 24.3 Å². The second-order valence-electron chi connectivity index (χ2n) is 5.45. The maximum absolute atomic E-state index is 12.7. The normalized spacial score (nSPS) is 22.9. The summed E-state index contributed by atoms with van der Waals surface area (Å²) in [6.45, 7) is 0.339. The Balaban J connectivity index is 1.88. The van der Waals surface area contributed by atoms with Crippen molar-refractivity contribution >= 4 is 21.8 Å². The molecule has 1 aromatic carbocycles. The first-order valence-corrected chi connectivity index (χ1v) is 7.74. The number of rotatable bonds is 3. The minimum atomic E-state index is -4.19. The first-order chi connectivity index (χ1) is 9.86. The SMILES string of the molecule is O=C(NCc1cccc(Br)c1)C1CCCC(C(F)(F)F)C1. The van der Waals surface area contributed by atoms with Crippen LogP contribution in [0.4, 0.5) is 13.2 Å². The van der Waals surface area contributed by atoms with E-state index in [1.54, 1.807) is 0 Å². The molecule has 1 saturated carbocycles. The lowest BCUT2D eigenvalue weighted by atomic mass is 9.80. The fourth-order valence-corrected chi connectivity index (χ4v) is 3.15. The summed E-state index contributed by atoms with van der Waals surface area (Å²) >= 11 is 3.34. The molecule has 21 heavy (non-hydrogen) atoms. The lowest BCUT2D eigenvalue weighted by molar-refractivity contribution is -0.186. The van der Waals surface area contributed by atoms with Crippen molar-refractivity contribution in [1.82, 2.24) is 5.32 Å². The molecule has 116 valence electrons. The van der Waals surface area contributed by atoms with Crippen LogP contribution in [0.1, 0.15) is 31.2 Å². The average molecular weight is 364 g/mol. The number of alkyl halides is 3. The predicted molar refractivity (Wildman–Crippen MR) is 77.5 cm³/mol. The minimum Gasteiger partial charge on any atom is -0.352 e. The fourth-order valence-electron chi connectivity index (χ4n) is 2.71. The van der Waals surface area contributed by atoms with E-state index in [1.165, 1.54) is 0 Å². The number of carbonyl (C=O) groups is 1. The van der Waals surface area contributed by atoms with Crippen molar-refractivity contribution in [2.75, 3.05) is 0 Å². The number of carbonyl (C=O) groups excluding carboxylic acids is 1. The molecule has 2 atom stereocenters. The van der Waals surface area contributed by atoms with Crippen LogP contribution in [0.5, 0.6) is 0 Å². The number of halogens is 4. The molecule has 1 fully saturated rings. The Morgan fingerprint density at radius 1 is 1.33 bits per heavy atom. The molecule has 1 aliphatic rings. The zero-order valence-electron chi connectivity index (χ0n) is 11.4. The van der Waals surface area contributed by atoms with Gasteiger partial charge in [0.25, 0.3) is 0 Å². The summed E-state index contributed by atoms with van der Waals surface area (Å²) < 4.78 is 39.1. The Morgan fingerprint density at radius 2 is 2.10 bits per heavy atom. The third kappa shape index (κ3) is 4.73. The number of nitrogens with one attached hydrogen (secondary N) is 1. The van der Waals surface area contributed by atoms with Crippen molar-refractivity contribution in [1.29, 1.82) is 0 Å². The highest BCUT2D eigenvalue weighted by Gasteiger charge is 2.43. The van der Waals surface area contributed by atoms with E-state index in [-0.39, 0.29) is 18.7 Å². The van der Waals surface area contributed by atoms with Crippen LogP contribution in [-0.4, -0.2) is 12.1 Å². The van der Waals surface area contributed by atoms with Crippen LogP contribution in [0.3, 0.4) is 0 Å². The Hall–Kier alpha value is -1.04. The first kappa shape index (κ1) is 16.3. The molecule has 6 heteroatoms. The average Bonchev–Trinajstić information content (AvgIpc) is 2.44. The summed E-state index contributed by atoms with van der Waals surface area (Å²) in [4.78, 5) is 12.0. The summed E-state index contributed by atoms with van der Waals surface area (Å²) in [6, 6.07) is 7.47. The number of amides is 1. The second kappa shape index (κ2) is 6.81. The van der Waals surface area contributed by atoms with Crippen LogP contribution in [0.15, 0.2) is 28.7 Å². The summed E-state index contributed by atoms with van der Waals surface area (Å²) in [5.41, 5.74) is 0.918. The molecule has 0 spiro atoms. The molecule has 0 heterocycles. The minimum absolute atomic E-state index is 0.0895. The van der Waals surface area contributed by atoms with Crippen LogP contribution in [0.25, 0.3) is 0 Å². The van der Waals surface area contributed by atoms with Crippen molar-refractivity contribution in [2.24, 2.45) is 11.8 Å². The van der Waals surface area contributed by atoms with Gasteiger partial charge in [-0.25, -0.2) is 0 Å². The van der Waals surface area contributed by atoms with Gasteiger partial charge in [0.2, 0.25) is 5.91 Å². The monoisotopic (exact) mass is 363 g/mol. The lowest BCUT2D eigenvalue weighted by Gasteiger charge is -2.29. The lowest BCUT2D eigenvalue weighted by Crippen LogP contribution is -2.37. The molecule has 2 nitrogen and oxygen atoms in total. The highest BCUT2D eigenvalue weighted by molar-refractivity contribution is 9.10. The van der Waals surface area contributed by atoms with Gasteiger partial charge in [-0.1, -0.05) is 34.5 Å². The van der Waals surface area contributed by atoms with E-state index in [2.05, 4.69) is 21.2 Å². The standard InChI is InChI=1S/C15H17BrF3NO/c16-13-6-1-3-10(7-13)9-20-14(21)11-4-2-5-12(8-11)15(17,18)19/h1,3,6-7,11-12H,2,4-5,8-9H2,(H,20,21). The van der Waals surface area contributed by atoms with Gasteiger partial charge in [-0.15, -0.1) is 0 Å². The van der Waals surface area contributed by atoms with Gasteiger partial charge in [-0.05, 0) is 37.0 Å². The molecular weight excluding hydrogens is 347 g/mol. The quantitative estimate of drug-likeness (QED) is 0.845. The first-order valence-electron chi connectivity index (χ1n) is 6.95.